The van der Waals surface area contributed by atoms with Crippen LogP contribution in [0.4, 0.5) is 13.2 Å². The van der Waals surface area contributed by atoms with E-state index in [1.807, 2.05) is 0 Å². The van der Waals surface area contributed by atoms with Crippen molar-refractivity contribution in [3.63, 3.8) is 0 Å². The quantitative estimate of drug-likeness (QED) is 0.867. The predicted molar refractivity (Wildman–Crippen MR) is 61.7 cm³/mol. The van der Waals surface area contributed by atoms with E-state index in [2.05, 4.69) is 0 Å². The van der Waals surface area contributed by atoms with Crippen molar-refractivity contribution in [1.82, 2.24) is 0 Å². The van der Waals surface area contributed by atoms with Crippen LogP contribution in [0.1, 0.15) is 30.5 Å². The second-order valence-electron chi connectivity index (χ2n) is 4.17. The molecule has 7 heteroatoms. The van der Waals surface area contributed by atoms with Gasteiger partial charge in [-0.3, -0.25) is 4.79 Å². The van der Waals surface area contributed by atoms with Crippen molar-refractivity contribution in [3.05, 3.63) is 29.1 Å². The Bertz CT molecular complexity index is 486. The highest BCUT2D eigenvalue weighted by Gasteiger charge is 2.29. The lowest BCUT2D eigenvalue weighted by Crippen LogP contribution is -2.18. The molecular formula is C12H14F3NO3. The van der Waals surface area contributed by atoms with Crippen LogP contribution in [-0.4, -0.2) is 18.2 Å². The summed E-state index contributed by atoms with van der Waals surface area (Å²) in [5.74, 6) is -5.80. The van der Waals surface area contributed by atoms with Crippen molar-refractivity contribution < 1.29 is 27.8 Å². The number of carbonyl (C=O) groups is 1. The molecule has 0 aliphatic heterocycles. The number of methoxy groups -OCH3 is 1. The second kappa shape index (κ2) is 5.48. The molecular weight excluding hydrogens is 263 g/mol. The summed E-state index contributed by atoms with van der Waals surface area (Å²) in [6.07, 6.45) is -0.519. The van der Waals surface area contributed by atoms with E-state index in [4.69, 9.17) is 15.6 Å². The minimum Gasteiger partial charge on any atom is -0.493 e. The van der Waals surface area contributed by atoms with Crippen LogP contribution in [0.3, 0.4) is 0 Å². The zero-order valence-electron chi connectivity index (χ0n) is 10.4. The Hall–Kier alpha value is -1.76. The molecule has 0 saturated heterocycles. The number of alkyl halides is 2. The lowest BCUT2D eigenvalue weighted by atomic mass is 9.98. The SMILES string of the molecule is COc1c(F)cc(C(C)(F)F)cc1C(N)CC(=O)O. The smallest absolute Gasteiger partial charge is 0.305 e. The van der Waals surface area contributed by atoms with Gasteiger partial charge >= 0.3 is 5.97 Å². The average molecular weight is 277 g/mol. The second-order valence-corrected chi connectivity index (χ2v) is 4.17. The van der Waals surface area contributed by atoms with Crippen LogP contribution in [0.2, 0.25) is 0 Å². The molecule has 0 fully saturated rings. The van der Waals surface area contributed by atoms with Gasteiger partial charge in [0.25, 0.3) is 5.92 Å². The van der Waals surface area contributed by atoms with E-state index < -0.39 is 35.7 Å². The molecule has 0 aliphatic carbocycles. The van der Waals surface area contributed by atoms with Crippen molar-refractivity contribution >= 4 is 5.97 Å². The van der Waals surface area contributed by atoms with Crippen molar-refractivity contribution in [1.29, 1.82) is 0 Å². The zero-order chi connectivity index (χ0) is 14.8. The largest absolute Gasteiger partial charge is 0.493 e. The number of nitrogens with two attached hydrogens (primary N) is 1. The highest BCUT2D eigenvalue weighted by atomic mass is 19.3. The molecule has 0 saturated carbocycles. The number of rotatable bonds is 5. The lowest BCUT2D eigenvalue weighted by Gasteiger charge is -2.19. The van der Waals surface area contributed by atoms with Gasteiger partial charge in [-0.1, -0.05) is 0 Å². The first-order valence-electron chi connectivity index (χ1n) is 5.40. The fourth-order valence-electron chi connectivity index (χ4n) is 1.66. The predicted octanol–water partition coefficient (Wildman–Crippen LogP) is 2.42. The van der Waals surface area contributed by atoms with Gasteiger partial charge in [0, 0.05) is 24.1 Å². The summed E-state index contributed by atoms with van der Waals surface area (Å²) in [7, 11) is 1.15. The van der Waals surface area contributed by atoms with E-state index in [0.29, 0.717) is 13.0 Å². The number of hydrogen-bond donors (Lipinski definition) is 2. The van der Waals surface area contributed by atoms with Gasteiger partial charge in [-0.2, -0.15) is 0 Å². The van der Waals surface area contributed by atoms with Gasteiger partial charge in [0.15, 0.2) is 11.6 Å². The minimum atomic E-state index is -3.26. The van der Waals surface area contributed by atoms with Crippen LogP contribution in [0.15, 0.2) is 12.1 Å². The maximum atomic E-state index is 13.7. The van der Waals surface area contributed by atoms with E-state index in [1.54, 1.807) is 0 Å². The summed E-state index contributed by atoms with van der Waals surface area (Å²) >= 11 is 0. The maximum absolute atomic E-state index is 13.7. The maximum Gasteiger partial charge on any atom is 0.305 e. The van der Waals surface area contributed by atoms with Crippen molar-refractivity contribution in [2.24, 2.45) is 5.73 Å². The molecule has 0 aromatic heterocycles. The molecule has 19 heavy (non-hydrogen) atoms. The molecule has 1 unspecified atom stereocenters. The summed E-state index contributed by atoms with van der Waals surface area (Å²) in [6.45, 7) is 0.612. The number of hydrogen-bond acceptors (Lipinski definition) is 3. The van der Waals surface area contributed by atoms with Gasteiger partial charge in [-0.05, 0) is 12.1 Å². The molecule has 4 nitrogen and oxygen atoms in total. The van der Waals surface area contributed by atoms with Gasteiger partial charge in [0.05, 0.1) is 13.5 Å². The highest BCUT2D eigenvalue weighted by molar-refractivity contribution is 5.68. The topological polar surface area (TPSA) is 72.5 Å². The van der Waals surface area contributed by atoms with Crippen LogP contribution in [0.25, 0.3) is 0 Å². The van der Waals surface area contributed by atoms with Crippen LogP contribution in [-0.2, 0) is 10.7 Å². The first-order valence-corrected chi connectivity index (χ1v) is 5.40. The van der Waals surface area contributed by atoms with E-state index in [1.165, 1.54) is 0 Å². The van der Waals surface area contributed by atoms with E-state index >= 15 is 0 Å². The van der Waals surface area contributed by atoms with E-state index in [-0.39, 0.29) is 11.3 Å². The number of ether oxygens (including phenoxy) is 1. The average Bonchev–Trinajstić information content (AvgIpc) is 2.25. The monoisotopic (exact) mass is 277 g/mol. The normalized spacial score (nSPS) is 13.2. The molecule has 0 heterocycles. The Morgan fingerprint density at radius 3 is 2.53 bits per heavy atom. The fourth-order valence-corrected chi connectivity index (χ4v) is 1.66. The minimum absolute atomic E-state index is 0.0959. The molecule has 0 bridgehead atoms. The first kappa shape index (κ1) is 15.3. The summed E-state index contributed by atoms with van der Waals surface area (Å²) in [4.78, 5) is 10.6. The third-order valence-electron chi connectivity index (χ3n) is 2.58. The molecule has 1 aromatic carbocycles. The Kier molecular flexibility index (Phi) is 4.41. The van der Waals surface area contributed by atoms with Gasteiger partial charge in [-0.25, -0.2) is 13.2 Å². The molecule has 0 radical (unpaired) electrons. The summed E-state index contributed by atoms with van der Waals surface area (Å²) in [5, 5.41) is 8.64. The fraction of sp³-hybridized carbons (Fsp3) is 0.417. The van der Waals surface area contributed by atoms with Gasteiger partial charge in [0.1, 0.15) is 0 Å². The van der Waals surface area contributed by atoms with Crippen molar-refractivity contribution in [3.8, 4) is 5.75 Å². The summed E-state index contributed by atoms with van der Waals surface area (Å²) in [5.41, 5.74) is 4.90. The lowest BCUT2D eigenvalue weighted by molar-refractivity contribution is -0.137. The molecule has 0 aliphatic rings. The third kappa shape index (κ3) is 3.60. The van der Waals surface area contributed by atoms with Crippen LogP contribution in [0.5, 0.6) is 5.75 Å². The molecule has 0 amide bonds. The number of aliphatic carboxylic acids is 1. The molecule has 0 spiro atoms. The van der Waals surface area contributed by atoms with E-state index in [0.717, 1.165) is 13.2 Å². The van der Waals surface area contributed by atoms with Gasteiger partial charge < -0.3 is 15.6 Å². The standard InChI is InChI=1S/C12H14F3NO3/c1-12(14,15)6-3-7(9(16)5-10(17)18)11(19-2)8(13)4-6/h3-4,9H,5,16H2,1-2H3,(H,17,18). The highest BCUT2D eigenvalue weighted by Crippen LogP contribution is 2.35. The van der Waals surface area contributed by atoms with Crippen LogP contribution >= 0.6 is 0 Å². The van der Waals surface area contributed by atoms with Crippen molar-refractivity contribution in [2.75, 3.05) is 7.11 Å². The Morgan fingerprint density at radius 2 is 2.11 bits per heavy atom. The van der Waals surface area contributed by atoms with Crippen LogP contribution in [0, 0.1) is 5.82 Å². The molecule has 1 rings (SSSR count). The third-order valence-corrected chi connectivity index (χ3v) is 2.58. The number of halogens is 3. The first-order chi connectivity index (χ1) is 8.66. The number of carboxylic acids is 1. The molecule has 1 atom stereocenters. The summed E-state index contributed by atoms with van der Waals surface area (Å²) in [6, 6.07) is 0.481. The Morgan fingerprint density at radius 1 is 1.53 bits per heavy atom. The van der Waals surface area contributed by atoms with Gasteiger partial charge in [0.2, 0.25) is 0 Å². The molecule has 3 N–H and O–H groups in total. The molecule has 1 aromatic rings. The Labute approximate surface area is 108 Å². The van der Waals surface area contributed by atoms with Crippen molar-refractivity contribution in [2.45, 2.75) is 25.3 Å². The molecule has 106 valence electrons. The number of carboxylic acid groups (broad SMARTS) is 1. The van der Waals surface area contributed by atoms with Gasteiger partial charge in [-0.15, -0.1) is 0 Å². The van der Waals surface area contributed by atoms with Crippen LogP contribution < -0.4 is 10.5 Å². The van der Waals surface area contributed by atoms with E-state index in [9.17, 15) is 18.0 Å². The summed E-state index contributed by atoms with van der Waals surface area (Å²) < 4.78 is 44.9. The Balaban J connectivity index is 3.34. The number of benzene rings is 1. The zero-order valence-corrected chi connectivity index (χ0v) is 10.4.